The molecule has 0 N–H and O–H groups in total. The summed E-state index contributed by atoms with van der Waals surface area (Å²) >= 11 is 12.2. The second-order valence-corrected chi connectivity index (χ2v) is 10.2. The van der Waals surface area contributed by atoms with Gasteiger partial charge in [0.25, 0.3) is 0 Å². The maximum Gasteiger partial charge on any atom is 0.335 e. The lowest BCUT2D eigenvalue weighted by atomic mass is 9.63. The second-order valence-electron chi connectivity index (χ2n) is 9.40. The first kappa shape index (κ1) is 20.9. The Hall–Kier alpha value is -2.63. The van der Waals surface area contributed by atoms with E-state index in [4.69, 9.17) is 27.9 Å². The number of hydrogen-bond acceptors (Lipinski definition) is 4. The molecule has 2 aromatic carbocycles. The molecular formula is C26H21Cl2NO4. The van der Waals surface area contributed by atoms with E-state index < -0.39 is 12.0 Å². The van der Waals surface area contributed by atoms with Gasteiger partial charge in [-0.2, -0.15) is 0 Å². The molecule has 33 heavy (non-hydrogen) atoms. The van der Waals surface area contributed by atoms with Gasteiger partial charge in [-0.1, -0.05) is 65.7 Å². The molecule has 4 aliphatic carbocycles. The smallest absolute Gasteiger partial charge is 0.335 e. The highest BCUT2D eigenvalue weighted by Crippen LogP contribution is 2.65. The van der Waals surface area contributed by atoms with Crippen molar-refractivity contribution in [3.63, 3.8) is 0 Å². The van der Waals surface area contributed by atoms with Crippen molar-refractivity contribution in [2.24, 2.45) is 35.5 Å². The van der Waals surface area contributed by atoms with Crippen LogP contribution in [-0.2, 0) is 20.8 Å². The molecule has 3 fully saturated rings. The van der Waals surface area contributed by atoms with Crippen LogP contribution in [0.25, 0.3) is 0 Å². The number of imide groups is 1. The van der Waals surface area contributed by atoms with Gasteiger partial charge in [0, 0.05) is 11.4 Å². The van der Waals surface area contributed by atoms with E-state index in [1.807, 2.05) is 30.3 Å². The molecule has 7 unspecified atom stereocenters. The monoisotopic (exact) mass is 481 g/mol. The topological polar surface area (TPSA) is 63.7 Å². The van der Waals surface area contributed by atoms with Gasteiger partial charge < -0.3 is 4.74 Å². The Kier molecular flexibility index (Phi) is 4.89. The number of benzene rings is 2. The SMILES string of the molecule is O=C(Oc1ccc(Cl)cc1Cl)C(Cc1ccccc1)N1C(=O)C2C3C=CC(C4CC34)C2C1=O. The quantitative estimate of drug-likeness (QED) is 0.271. The highest BCUT2D eigenvalue weighted by molar-refractivity contribution is 6.35. The van der Waals surface area contributed by atoms with Crippen molar-refractivity contribution in [3.05, 3.63) is 76.3 Å². The normalized spacial score (nSPS) is 31.9. The van der Waals surface area contributed by atoms with Crippen molar-refractivity contribution in [3.8, 4) is 5.75 Å². The molecular weight excluding hydrogens is 461 g/mol. The van der Waals surface area contributed by atoms with Crippen molar-refractivity contribution in [1.29, 1.82) is 0 Å². The Morgan fingerprint density at radius 3 is 2.21 bits per heavy atom. The van der Waals surface area contributed by atoms with E-state index in [1.165, 1.54) is 17.0 Å². The molecule has 5 aliphatic rings. The number of carbonyl (C=O) groups excluding carboxylic acids is 3. The first-order chi connectivity index (χ1) is 15.9. The number of likely N-dealkylation sites (tertiary alicyclic amines) is 1. The molecule has 7 atom stereocenters. The van der Waals surface area contributed by atoms with E-state index in [0.29, 0.717) is 16.9 Å². The van der Waals surface area contributed by atoms with Gasteiger partial charge >= 0.3 is 5.97 Å². The number of nitrogens with zero attached hydrogens (tertiary/aromatic N) is 1. The lowest BCUT2D eigenvalue weighted by Crippen LogP contribution is -2.48. The van der Waals surface area contributed by atoms with Gasteiger partial charge in [0.1, 0.15) is 11.8 Å². The number of esters is 1. The minimum absolute atomic E-state index is 0.0885. The Bertz CT molecular complexity index is 1160. The van der Waals surface area contributed by atoms with Crippen LogP contribution < -0.4 is 4.74 Å². The average molecular weight is 482 g/mol. The van der Waals surface area contributed by atoms with Gasteiger partial charge in [0.15, 0.2) is 0 Å². The van der Waals surface area contributed by atoms with Crippen LogP contribution in [0.2, 0.25) is 10.0 Å². The summed E-state index contributed by atoms with van der Waals surface area (Å²) in [4.78, 5) is 41.8. The Labute approximate surface area is 201 Å². The predicted octanol–water partition coefficient (Wildman–Crippen LogP) is 4.56. The highest BCUT2D eigenvalue weighted by Gasteiger charge is 2.68. The number of carbonyl (C=O) groups is 3. The standard InChI is InChI=1S/C26H21Cl2NO4/c27-14-6-9-21(19(28)11-14)33-26(32)20(10-13-4-2-1-3-5-13)29-24(30)22-15-7-8-16(18-12-17(15)18)23(22)25(29)31/h1-9,11,15-18,20,22-23H,10,12H2. The maximum atomic E-state index is 13.6. The molecule has 7 heteroatoms. The van der Waals surface area contributed by atoms with Crippen molar-refractivity contribution in [1.82, 2.24) is 4.90 Å². The van der Waals surface area contributed by atoms with E-state index in [1.54, 1.807) is 6.07 Å². The van der Waals surface area contributed by atoms with E-state index in [0.717, 1.165) is 12.0 Å². The zero-order valence-corrected chi connectivity index (χ0v) is 19.1. The van der Waals surface area contributed by atoms with Crippen LogP contribution in [0.15, 0.2) is 60.7 Å². The van der Waals surface area contributed by atoms with E-state index in [-0.39, 0.29) is 52.7 Å². The van der Waals surface area contributed by atoms with Crippen LogP contribution >= 0.6 is 23.2 Å². The molecule has 0 spiro atoms. The summed E-state index contributed by atoms with van der Waals surface area (Å²) in [5.41, 5.74) is 0.834. The molecule has 5 nitrogen and oxygen atoms in total. The van der Waals surface area contributed by atoms with E-state index >= 15 is 0 Å². The van der Waals surface area contributed by atoms with Gasteiger partial charge in [0.2, 0.25) is 11.8 Å². The van der Waals surface area contributed by atoms with E-state index in [9.17, 15) is 14.4 Å². The molecule has 0 aromatic heterocycles. The van der Waals surface area contributed by atoms with Crippen LogP contribution in [0, 0.1) is 35.5 Å². The highest BCUT2D eigenvalue weighted by atomic mass is 35.5. The summed E-state index contributed by atoms with van der Waals surface area (Å²) < 4.78 is 5.60. The van der Waals surface area contributed by atoms with Gasteiger partial charge in [-0.3, -0.25) is 14.5 Å². The largest absolute Gasteiger partial charge is 0.423 e. The summed E-state index contributed by atoms with van der Waals surface area (Å²) in [6, 6.07) is 12.8. The Morgan fingerprint density at radius 1 is 0.970 bits per heavy atom. The van der Waals surface area contributed by atoms with E-state index in [2.05, 4.69) is 12.2 Å². The zero-order chi connectivity index (χ0) is 22.9. The van der Waals surface area contributed by atoms with Gasteiger partial charge in [0.05, 0.1) is 16.9 Å². The minimum atomic E-state index is -1.07. The first-order valence-electron chi connectivity index (χ1n) is 11.2. The third-order valence-corrected chi connectivity index (χ3v) is 8.19. The van der Waals surface area contributed by atoms with Gasteiger partial charge in [-0.05, 0) is 53.9 Å². The van der Waals surface area contributed by atoms with Crippen molar-refractivity contribution in [2.75, 3.05) is 0 Å². The number of ether oxygens (including phenoxy) is 1. The number of rotatable bonds is 5. The summed E-state index contributed by atoms with van der Waals surface area (Å²) in [5.74, 6) is -0.642. The molecule has 2 saturated carbocycles. The molecule has 0 radical (unpaired) electrons. The van der Waals surface area contributed by atoms with Crippen molar-refractivity contribution < 1.29 is 19.1 Å². The average Bonchev–Trinajstić information content (AvgIpc) is 3.59. The summed E-state index contributed by atoms with van der Waals surface area (Å²) in [5, 5.41) is 0.598. The second kappa shape index (κ2) is 7.71. The van der Waals surface area contributed by atoms with Crippen LogP contribution in [0.1, 0.15) is 12.0 Å². The lowest BCUT2D eigenvalue weighted by molar-refractivity contribution is -0.153. The molecule has 1 aliphatic heterocycles. The van der Waals surface area contributed by atoms with Crippen LogP contribution in [-0.4, -0.2) is 28.7 Å². The number of amides is 2. The molecule has 168 valence electrons. The van der Waals surface area contributed by atoms with Gasteiger partial charge in [-0.25, -0.2) is 4.79 Å². The van der Waals surface area contributed by atoms with Crippen LogP contribution in [0.5, 0.6) is 5.75 Å². The molecule has 2 aromatic rings. The summed E-state index contributed by atoms with van der Waals surface area (Å²) in [7, 11) is 0. The lowest BCUT2D eigenvalue weighted by Gasteiger charge is -2.37. The number of allylic oxidation sites excluding steroid dienone is 2. The Balaban J connectivity index is 1.34. The fourth-order valence-corrected chi connectivity index (χ4v) is 6.59. The van der Waals surface area contributed by atoms with Crippen LogP contribution in [0.4, 0.5) is 0 Å². The molecule has 1 saturated heterocycles. The van der Waals surface area contributed by atoms with Gasteiger partial charge in [-0.15, -0.1) is 0 Å². The number of hydrogen-bond donors (Lipinski definition) is 0. The van der Waals surface area contributed by atoms with Crippen LogP contribution in [0.3, 0.4) is 0 Å². The minimum Gasteiger partial charge on any atom is -0.423 e. The van der Waals surface area contributed by atoms with Crippen molar-refractivity contribution >= 4 is 41.0 Å². The molecule has 2 bridgehead atoms. The third kappa shape index (κ3) is 3.32. The molecule has 7 rings (SSSR count). The summed E-state index contributed by atoms with van der Waals surface area (Å²) in [6.45, 7) is 0. The fraction of sp³-hybridized carbons (Fsp3) is 0.346. The predicted molar refractivity (Wildman–Crippen MR) is 123 cm³/mol. The zero-order valence-electron chi connectivity index (χ0n) is 17.6. The molecule has 2 amide bonds. The maximum absolute atomic E-state index is 13.6. The first-order valence-corrected chi connectivity index (χ1v) is 12.0. The summed E-state index contributed by atoms with van der Waals surface area (Å²) in [6.07, 6.45) is 5.50. The fourth-order valence-electron chi connectivity index (χ4n) is 6.14. The molecule has 1 heterocycles. The third-order valence-electron chi connectivity index (χ3n) is 7.66. The Morgan fingerprint density at radius 2 is 1.61 bits per heavy atom. The number of halogens is 2. The van der Waals surface area contributed by atoms with Crippen molar-refractivity contribution in [2.45, 2.75) is 18.9 Å².